The summed E-state index contributed by atoms with van der Waals surface area (Å²) in [6, 6.07) is 0. The minimum atomic E-state index is -5.17. The lowest BCUT2D eigenvalue weighted by molar-refractivity contribution is -0.916. The van der Waals surface area contributed by atoms with Crippen molar-refractivity contribution in [2.24, 2.45) is 0 Å². The Hall–Kier alpha value is -0.290. The van der Waals surface area contributed by atoms with Crippen LogP contribution in [0.1, 0.15) is 183 Å². The van der Waals surface area contributed by atoms with Gasteiger partial charge in [-0.1, -0.05) is 143 Å². The van der Waals surface area contributed by atoms with Crippen molar-refractivity contribution in [3.8, 4) is 0 Å². The molecule has 2 atom stereocenters. The quantitative estimate of drug-likeness (QED) is 0.0255. The van der Waals surface area contributed by atoms with E-state index in [0.29, 0.717) is 12.3 Å². The molecule has 2 unspecified atom stereocenters. The highest BCUT2D eigenvalue weighted by Gasteiger charge is 2.24. The Bertz CT molecular complexity index is 681. The van der Waals surface area contributed by atoms with E-state index in [4.69, 9.17) is 17.5 Å². The van der Waals surface area contributed by atoms with Gasteiger partial charge >= 0.3 is 0 Å². The second-order valence-corrected chi connectivity index (χ2v) is 15.5. The zero-order valence-corrected chi connectivity index (χ0v) is 34.3. The van der Waals surface area contributed by atoms with E-state index in [0.717, 1.165) is 8.97 Å². The maximum absolute atomic E-state index is 8.52. The van der Waals surface area contributed by atoms with E-state index in [1.54, 1.807) is 0 Å². The van der Waals surface area contributed by atoms with Crippen molar-refractivity contribution in [1.29, 1.82) is 0 Å². The summed E-state index contributed by atoms with van der Waals surface area (Å²) in [4.78, 5) is 0. The van der Waals surface area contributed by atoms with Crippen LogP contribution in [-0.4, -0.2) is 93.2 Å². The molecule has 8 nitrogen and oxygen atoms in total. The predicted molar refractivity (Wildman–Crippen MR) is 204 cm³/mol. The molecule has 0 heterocycles. The molecule has 0 aromatic heterocycles. The third-order valence-electron chi connectivity index (χ3n) is 9.91. The van der Waals surface area contributed by atoms with Gasteiger partial charge in [-0.3, -0.25) is 19.1 Å². The normalized spacial score (nSPS) is 13.4. The fraction of sp³-hybridized carbons (Fsp3) is 1.00. The van der Waals surface area contributed by atoms with Crippen LogP contribution in [0.15, 0.2) is 0 Å². The van der Waals surface area contributed by atoms with E-state index in [2.05, 4.69) is 80.4 Å². The molecule has 0 amide bonds. The summed E-state index contributed by atoms with van der Waals surface area (Å²) in [5.41, 5.74) is 0. The van der Waals surface area contributed by atoms with Gasteiger partial charge in [0.05, 0.1) is 41.3 Å². The first-order valence-corrected chi connectivity index (χ1v) is 21.3. The Morgan fingerprint density at radius 3 is 0.851 bits per heavy atom. The topological polar surface area (TPSA) is 104 Å². The molecule has 2 N–H and O–H groups in total. The van der Waals surface area contributed by atoms with Crippen LogP contribution in [0.25, 0.3) is 0 Å². The molecule has 47 heavy (non-hydrogen) atoms. The minimum absolute atomic E-state index is 0.619. The van der Waals surface area contributed by atoms with Crippen molar-refractivity contribution in [1.82, 2.24) is 10.6 Å². The van der Waals surface area contributed by atoms with Crippen LogP contribution in [-0.2, 0) is 10.4 Å². The third kappa shape index (κ3) is 38.4. The molecule has 288 valence electrons. The Morgan fingerprint density at radius 1 is 0.447 bits per heavy atom. The highest BCUT2D eigenvalue weighted by molar-refractivity contribution is 7.79. The van der Waals surface area contributed by atoms with Gasteiger partial charge in [0, 0.05) is 36.3 Å². The summed E-state index contributed by atoms with van der Waals surface area (Å²) >= 11 is 0. The van der Waals surface area contributed by atoms with Gasteiger partial charge < -0.3 is 18.1 Å². The van der Waals surface area contributed by atoms with Gasteiger partial charge in [-0.25, -0.2) is 0 Å². The van der Waals surface area contributed by atoms with Crippen LogP contribution in [0.2, 0.25) is 0 Å². The molecule has 0 bridgehead atoms. The maximum atomic E-state index is 8.52. The molecule has 0 aromatic carbocycles. The average molecular weight is 695 g/mol. The van der Waals surface area contributed by atoms with E-state index in [1.165, 1.54) is 167 Å². The first-order valence-electron chi connectivity index (χ1n) is 19.9. The van der Waals surface area contributed by atoms with Crippen molar-refractivity contribution in [2.45, 2.75) is 195 Å². The second-order valence-electron chi connectivity index (χ2n) is 14.7. The van der Waals surface area contributed by atoms with Gasteiger partial charge in [0.1, 0.15) is 12.3 Å². The van der Waals surface area contributed by atoms with Gasteiger partial charge in [-0.15, -0.1) is 0 Å². The highest BCUT2D eigenvalue weighted by atomic mass is 32.3. The van der Waals surface area contributed by atoms with Crippen LogP contribution in [0.5, 0.6) is 0 Å². The van der Waals surface area contributed by atoms with Gasteiger partial charge in [0.25, 0.3) is 0 Å². The van der Waals surface area contributed by atoms with Crippen LogP contribution in [0, 0.1) is 0 Å². The number of rotatable bonds is 30. The molecular formula is C38H86N4O4S. The van der Waals surface area contributed by atoms with E-state index >= 15 is 0 Å². The van der Waals surface area contributed by atoms with Crippen molar-refractivity contribution >= 4 is 10.4 Å². The van der Waals surface area contributed by atoms with Crippen molar-refractivity contribution in [3.63, 3.8) is 0 Å². The molecule has 0 spiro atoms. The lowest BCUT2D eigenvalue weighted by atomic mass is 10.1. The molecule has 9 heteroatoms. The zero-order valence-electron chi connectivity index (χ0n) is 33.5. The molecule has 0 rings (SSSR count). The number of hydrogen-bond acceptors (Lipinski definition) is 6. The summed E-state index contributed by atoms with van der Waals surface area (Å²) in [6.07, 6.45) is 32.1. The monoisotopic (exact) mass is 695 g/mol. The van der Waals surface area contributed by atoms with E-state index in [1.807, 2.05) is 0 Å². The fourth-order valence-electron chi connectivity index (χ4n) is 5.97. The second kappa shape index (κ2) is 34.2. The Labute approximate surface area is 296 Å². The molecule has 0 aromatic rings. The number of nitrogens with one attached hydrogen (secondary N) is 2. The van der Waals surface area contributed by atoms with Gasteiger partial charge in [-0.2, -0.15) is 0 Å². The largest absolute Gasteiger partial charge is 0.759 e. The van der Waals surface area contributed by atoms with Crippen LogP contribution in [0.4, 0.5) is 0 Å². The first kappa shape index (κ1) is 51.1. The molecule has 0 aliphatic rings. The third-order valence-corrected chi connectivity index (χ3v) is 9.91. The summed E-state index contributed by atoms with van der Waals surface area (Å²) in [7, 11) is 4.17. The smallest absolute Gasteiger partial charge is 0.142 e. The van der Waals surface area contributed by atoms with Crippen LogP contribution < -0.4 is 10.6 Å². The van der Waals surface area contributed by atoms with Crippen molar-refractivity contribution in [3.05, 3.63) is 0 Å². The first-order chi connectivity index (χ1) is 22.2. The lowest BCUT2D eigenvalue weighted by Gasteiger charge is -2.37. The molecule has 0 aliphatic heterocycles. The lowest BCUT2D eigenvalue weighted by Crippen LogP contribution is -2.55. The average Bonchev–Trinajstić information content (AvgIpc) is 3.01. The Kier molecular flexibility index (Phi) is 37.1. The minimum Gasteiger partial charge on any atom is -0.759 e. The summed E-state index contributed by atoms with van der Waals surface area (Å²) in [5, 5.41) is 7.52. The highest BCUT2D eigenvalue weighted by Crippen LogP contribution is 2.13. The van der Waals surface area contributed by atoms with Gasteiger partial charge in [0.2, 0.25) is 0 Å². The summed E-state index contributed by atoms with van der Waals surface area (Å²) in [6.45, 7) is 18.5. The van der Waals surface area contributed by atoms with Crippen LogP contribution in [0.3, 0.4) is 0 Å². The number of quaternary nitrogens is 2. The number of nitrogens with zero attached hydrogens (tertiary/aromatic N) is 2. The summed E-state index contributed by atoms with van der Waals surface area (Å²) in [5.74, 6) is 0. The Morgan fingerprint density at radius 2 is 0.660 bits per heavy atom. The fourth-order valence-corrected chi connectivity index (χ4v) is 5.97. The molecule has 0 radical (unpaired) electrons. The van der Waals surface area contributed by atoms with Crippen molar-refractivity contribution in [2.75, 3.05) is 54.4 Å². The van der Waals surface area contributed by atoms with Gasteiger partial charge in [0.15, 0.2) is 0 Å². The van der Waals surface area contributed by atoms with Gasteiger partial charge in [-0.05, 0) is 26.7 Å². The van der Waals surface area contributed by atoms with Crippen molar-refractivity contribution < 1.29 is 26.5 Å². The SMILES string of the molecule is CCCCCCCCCCCCNC(CC)[N+](C)(C)CC.CCCCCCCCCCCCNC(CC)[N+](C)(C)CC.O=S(=O)([O-])[O-]. The zero-order chi connectivity index (χ0) is 36.5. The maximum Gasteiger partial charge on any atom is 0.142 e. The molecule has 0 fully saturated rings. The van der Waals surface area contributed by atoms with E-state index in [9.17, 15) is 0 Å². The number of unbranched alkanes of at least 4 members (excludes halogenated alkanes) is 18. The van der Waals surface area contributed by atoms with E-state index in [-0.39, 0.29) is 0 Å². The molecule has 0 saturated heterocycles. The predicted octanol–water partition coefficient (Wildman–Crippen LogP) is 9.32. The molecule has 0 aliphatic carbocycles. The molecular weight excluding hydrogens is 609 g/mol. The number of hydrogen-bond donors (Lipinski definition) is 2. The molecule has 0 saturated carbocycles. The Balaban J connectivity index is -0.000000719. The summed E-state index contributed by atoms with van der Waals surface area (Å²) < 4.78 is 36.3. The van der Waals surface area contributed by atoms with Crippen LogP contribution >= 0.6 is 0 Å². The van der Waals surface area contributed by atoms with E-state index < -0.39 is 10.4 Å². The standard InChI is InChI=1S/2C19H43N2.H2O4S/c2*1-6-9-10-11-12-13-14-15-16-17-18-20-19(7-2)21(4,5)8-3;1-5(2,3)4/h2*19-20H,6-18H2,1-5H3;(H2,1,2,3,4)/q2*+1;/p-2.